The number of ether oxygens (including phenoxy) is 1. The van der Waals surface area contributed by atoms with E-state index in [4.69, 9.17) is 0 Å². The van der Waals surface area contributed by atoms with Crippen molar-refractivity contribution >= 4 is 17.7 Å². The molecule has 2 nitrogen and oxygen atoms in total. The van der Waals surface area contributed by atoms with Crippen LogP contribution in [0.25, 0.3) is 0 Å². The van der Waals surface area contributed by atoms with E-state index in [2.05, 4.69) is 11.7 Å². The minimum absolute atomic E-state index is 0.0800. The number of hydrogen-bond donors (Lipinski definition) is 0. The first kappa shape index (κ1) is 12.9. The molecule has 3 heteroatoms. The first-order chi connectivity index (χ1) is 7.22. The Bertz CT molecular complexity index is 186. The van der Waals surface area contributed by atoms with E-state index < -0.39 is 0 Å². The highest BCUT2D eigenvalue weighted by molar-refractivity contribution is 8.00. The summed E-state index contributed by atoms with van der Waals surface area (Å²) in [5.41, 5.74) is 0. The highest BCUT2D eigenvalue weighted by atomic mass is 32.2. The summed E-state index contributed by atoms with van der Waals surface area (Å²) < 4.78 is 4.68. The Morgan fingerprint density at radius 3 is 2.47 bits per heavy atom. The van der Waals surface area contributed by atoms with E-state index in [0.717, 1.165) is 5.25 Å². The van der Waals surface area contributed by atoms with Crippen LogP contribution in [0.3, 0.4) is 0 Å². The number of methoxy groups -OCH3 is 1. The fourth-order valence-electron chi connectivity index (χ4n) is 2.07. The molecule has 1 fully saturated rings. The van der Waals surface area contributed by atoms with Crippen molar-refractivity contribution in [1.82, 2.24) is 0 Å². The monoisotopic (exact) mass is 230 g/mol. The van der Waals surface area contributed by atoms with Gasteiger partial charge in [0.15, 0.2) is 0 Å². The normalized spacial score (nSPS) is 20.7. The molecule has 15 heavy (non-hydrogen) atoms. The van der Waals surface area contributed by atoms with Crippen molar-refractivity contribution in [2.45, 2.75) is 62.4 Å². The zero-order valence-electron chi connectivity index (χ0n) is 9.83. The largest absolute Gasteiger partial charge is 0.469 e. The molecule has 1 rings (SSSR count). The fraction of sp³-hybridized carbons (Fsp3) is 0.917. The number of carbonyl (C=O) groups is 1. The zero-order chi connectivity index (χ0) is 11.1. The Morgan fingerprint density at radius 2 is 1.93 bits per heavy atom. The van der Waals surface area contributed by atoms with Gasteiger partial charge in [0.2, 0.25) is 0 Å². The SMILES string of the molecule is COC(=O)CC(C)SC1CCCCCC1. The average molecular weight is 230 g/mol. The lowest BCUT2D eigenvalue weighted by molar-refractivity contribution is -0.140. The van der Waals surface area contributed by atoms with Gasteiger partial charge >= 0.3 is 5.97 Å². The smallest absolute Gasteiger partial charge is 0.306 e. The van der Waals surface area contributed by atoms with Crippen molar-refractivity contribution in [2.75, 3.05) is 7.11 Å². The highest BCUT2D eigenvalue weighted by Crippen LogP contribution is 2.31. The molecule has 1 atom stereocenters. The van der Waals surface area contributed by atoms with Crippen LogP contribution in [0.2, 0.25) is 0 Å². The van der Waals surface area contributed by atoms with E-state index in [0.29, 0.717) is 11.7 Å². The zero-order valence-corrected chi connectivity index (χ0v) is 10.6. The van der Waals surface area contributed by atoms with Crippen molar-refractivity contribution in [3.8, 4) is 0 Å². The van der Waals surface area contributed by atoms with Crippen LogP contribution < -0.4 is 0 Å². The summed E-state index contributed by atoms with van der Waals surface area (Å²) in [6, 6.07) is 0. The number of rotatable bonds is 4. The van der Waals surface area contributed by atoms with Crippen LogP contribution in [0.5, 0.6) is 0 Å². The molecule has 0 aromatic carbocycles. The Labute approximate surface area is 97.1 Å². The van der Waals surface area contributed by atoms with Gasteiger partial charge < -0.3 is 4.74 Å². The Hall–Kier alpha value is -0.180. The summed E-state index contributed by atoms with van der Waals surface area (Å²) in [4.78, 5) is 11.1. The minimum atomic E-state index is -0.0800. The maximum atomic E-state index is 11.1. The third-order valence-electron chi connectivity index (χ3n) is 2.91. The molecule has 0 N–H and O–H groups in total. The first-order valence-electron chi connectivity index (χ1n) is 5.94. The van der Waals surface area contributed by atoms with Gasteiger partial charge in [-0.1, -0.05) is 32.6 Å². The average Bonchev–Trinajstić information content (AvgIpc) is 2.46. The maximum Gasteiger partial charge on any atom is 0.306 e. The lowest BCUT2D eigenvalue weighted by atomic mass is 10.2. The summed E-state index contributed by atoms with van der Waals surface area (Å²) in [6.07, 6.45) is 8.72. The molecule has 0 aromatic heterocycles. The third-order valence-corrected chi connectivity index (χ3v) is 4.40. The summed E-state index contributed by atoms with van der Waals surface area (Å²) >= 11 is 1.98. The molecule has 1 aliphatic carbocycles. The standard InChI is InChI=1S/C12H22O2S/c1-10(9-12(13)14-2)15-11-7-5-3-4-6-8-11/h10-11H,3-9H2,1-2H3. The molecular weight excluding hydrogens is 208 g/mol. The van der Waals surface area contributed by atoms with Crippen molar-refractivity contribution < 1.29 is 9.53 Å². The predicted octanol–water partition coefficient (Wildman–Crippen LogP) is 3.39. The van der Waals surface area contributed by atoms with Gasteiger partial charge in [-0.2, -0.15) is 11.8 Å². The Morgan fingerprint density at radius 1 is 1.33 bits per heavy atom. The van der Waals surface area contributed by atoms with Gasteiger partial charge in [0.1, 0.15) is 0 Å². The molecule has 0 aliphatic heterocycles. The highest BCUT2D eigenvalue weighted by Gasteiger charge is 2.17. The van der Waals surface area contributed by atoms with Crippen LogP contribution in [-0.2, 0) is 9.53 Å². The second-order valence-electron chi connectivity index (χ2n) is 4.34. The topological polar surface area (TPSA) is 26.3 Å². The molecule has 1 unspecified atom stereocenters. The molecule has 88 valence electrons. The molecule has 0 spiro atoms. The molecule has 0 saturated heterocycles. The van der Waals surface area contributed by atoms with Gasteiger partial charge in [-0.05, 0) is 12.8 Å². The van der Waals surface area contributed by atoms with Gasteiger partial charge in [-0.25, -0.2) is 0 Å². The summed E-state index contributed by atoms with van der Waals surface area (Å²) in [7, 11) is 1.46. The van der Waals surface area contributed by atoms with Crippen LogP contribution >= 0.6 is 11.8 Å². The Kier molecular flexibility index (Phi) is 6.15. The quantitative estimate of drug-likeness (QED) is 0.547. The van der Waals surface area contributed by atoms with Crippen LogP contribution in [0.4, 0.5) is 0 Å². The third kappa shape index (κ3) is 5.45. The van der Waals surface area contributed by atoms with Crippen LogP contribution in [-0.4, -0.2) is 23.6 Å². The molecule has 0 bridgehead atoms. The molecule has 0 aromatic rings. The van der Waals surface area contributed by atoms with Gasteiger partial charge in [0.05, 0.1) is 13.5 Å². The lowest BCUT2D eigenvalue weighted by Crippen LogP contribution is -2.13. The number of hydrogen-bond acceptors (Lipinski definition) is 3. The van der Waals surface area contributed by atoms with Crippen LogP contribution in [0.15, 0.2) is 0 Å². The van der Waals surface area contributed by atoms with Crippen molar-refractivity contribution in [3.63, 3.8) is 0 Å². The van der Waals surface area contributed by atoms with Gasteiger partial charge in [0.25, 0.3) is 0 Å². The number of esters is 1. The number of thioether (sulfide) groups is 1. The molecule has 1 aliphatic rings. The van der Waals surface area contributed by atoms with Gasteiger partial charge in [-0.15, -0.1) is 0 Å². The van der Waals surface area contributed by atoms with E-state index >= 15 is 0 Å². The van der Waals surface area contributed by atoms with Crippen molar-refractivity contribution in [2.24, 2.45) is 0 Å². The Balaban J connectivity index is 2.23. The minimum Gasteiger partial charge on any atom is -0.469 e. The summed E-state index contributed by atoms with van der Waals surface area (Å²) in [6.45, 7) is 2.13. The van der Waals surface area contributed by atoms with Crippen molar-refractivity contribution in [3.05, 3.63) is 0 Å². The van der Waals surface area contributed by atoms with E-state index in [1.807, 2.05) is 11.8 Å². The van der Waals surface area contributed by atoms with E-state index in [1.54, 1.807) is 0 Å². The summed E-state index contributed by atoms with van der Waals surface area (Å²) in [5, 5.41) is 1.17. The predicted molar refractivity (Wildman–Crippen MR) is 65.2 cm³/mol. The molecule has 1 saturated carbocycles. The fourth-order valence-corrected chi connectivity index (χ4v) is 3.57. The van der Waals surface area contributed by atoms with Gasteiger partial charge in [-0.3, -0.25) is 4.79 Å². The molecule has 0 heterocycles. The lowest BCUT2D eigenvalue weighted by Gasteiger charge is -2.18. The van der Waals surface area contributed by atoms with E-state index in [-0.39, 0.29) is 5.97 Å². The molecule has 0 amide bonds. The van der Waals surface area contributed by atoms with Crippen LogP contribution in [0, 0.1) is 0 Å². The van der Waals surface area contributed by atoms with Crippen molar-refractivity contribution in [1.29, 1.82) is 0 Å². The molecule has 0 radical (unpaired) electrons. The second-order valence-corrected chi connectivity index (χ2v) is 6.08. The van der Waals surface area contributed by atoms with Crippen LogP contribution in [0.1, 0.15) is 51.9 Å². The number of carbonyl (C=O) groups excluding carboxylic acids is 1. The van der Waals surface area contributed by atoms with E-state index in [9.17, 15) is 4.79 Å². The van der Waals surface area contributed by atoms with E-state index in [1.165, 1.54) is 45.6 Å². The van der Waals surface area contributed by atoms with Gasteiger partial charge in [0, 0.05) is 10.5 Å². The second kappa shape index (κ2) is 7.15. The molecular formula is C12H22O2S. The summed E-state index contributed by atoms with van der Waals surface area (Å²) in [5.74, 6) is -0.0800. The first-order valence-corrected chi connectivity index (χ1v) is 6.89. The maximum absolute atomic E-state index is 11.1.